The fourth-order valence-corrected chi connectivity index (χ4v) is 2.98. The first-order valence-electron chi connectivity index (χ1n) is 5.73. The van der Waals surface area contributed by atoms with Gasteiger partial charge in [-0.05, 0) is 35.6 Å². The second kappa shape index (κ2) is 3.93. The molecule has 3 heteroatoms. The molecule has 0 fully saturated rings. The Kier molecular flexibility index (Phi) is 2.41. The molecule has 0 spiro atoms. The number of H-pyrrole nitrogens is 1. The number of hydrogen-bond acceptors (Lipinski definition) is 2. The number of aromatic amines is 1. The number of fused-ring (bicyclic) bond motifs is 1. The summed E-state index contributed by atoms with van der Waals surface area (Å²) in [7, 11) is 0. The zero-order valence-corrected chi connectivity index (χ0v) is 10.5. The van der Waals surface area contributed by atoms with Crippen LogP contribution in [0.2, 0.25) is 0 Å². The van der Waals surface area contributed by atoms with Gasteiger partial charge in [0.05, 0.1) is 21.8 Å². The molecular formula is C14H14N2S. The van der Waals surface area contributed by atoms with E-state index in [4.69, 9.17) is 5.73 Å². The van der Waals surface area contributed by atoms with E-state index in [1.807, 2.05) is 12.1 Å². The summed E-state index contributed by atoms with van der Waals surface area (Å²) in [5.74, 6) is 0. The minimum Gasteiger partial charge on any atom is -0.397 e. The molecule has 86 valence electrons. The number of aromatic nitrogens is 1. The number of nitrogens with two attached hydrogens (primary N) is 1. The Morgan fingerprint density at radius 3 is 2.88 bits per heavy atom. The van der Waals surface area contributed by atoms with E-state index in [-0.39, 0.29) is 0 Å². The average Bonchev–Trinajstić information content (AvgIpc) is 2.95. The quantitative estimate of drug-likeness (QED) is 0.654. The molecule has 0 aliphatic rings. The summed E-state index contributed by atoms with van der Waals surface area (Å²) in [5.41, 5.74) is 10.3. The maximum atomic E-state index is 5.95. The molecule has 0 saturated heterocycles. The van der Waals surface area contributed by atoms with E-state index in [2.05, 4.69) is 35.5 Å². The number of aryl methyl sites for hydroxylation is 1. The first-order chi connectivity index (χ1) is 8.28. The van der Waals surface area contributed by atoms with Gasteiger partial charge in [0.1, 0.15) is 0 Å². The third-order valence-corrected chi connectivity index (χ3v) is 4.03. The van der Waals surface area contributed by atoms with Crippen molar-refractivity contribution in [3.63, 3.8) is 0 Å². The molecule has 0 atom stereocenters. The third kappa shape index (κ3) is 1.72. The summed E-state index contributed by atoms with van der Waals surface area (Å²) in [6, 6.07) is 10.4. The van der Waals surface area contributed by atoms with Crippen molar-refractivity contribution in [2.24, 2.45) is 0 Å². The Morgan fingerprint density at radius 1 is 1.29 bits per heavy atom. The first-order valence-corrected chi connectivity index (χ1v) is 6.61. The second-order valence-electron chi connectivity index (χ2n) is 4.17. The fraction of sp³-hybridized carbons (Fsp3) is 0.143. The largest absolute Gasteiger partial charge is 0.397 e. The SMILES string of the molecule is CCc1csc(-c2cc3cccc(N)c3[nH]2)c1. The number of benzene rings is 1. The van der Waals surface area contributed by atoms with E-state index in [0.717, 1.165) is 23.3 Å². The molecule has 0 aliphatic carbocycles. The predicted molar refractivity (Wildman–Crippen MR) is 75.4 cm³/mol. The molecule has 2 heterocycles. The van der Waals surface area contributed by atoms with Gasteiger partial charge in [-0.15, -0.1) is 11.3 Å². The Hall–Kier alpha value is -1.74. The molecule has 0 amide bonds. The van der Waals surface area contributed by atoms with Gasteiger partial charge >= 0.3 is 0 Å². The van der Waals surface area contributed by atoms with Gasteiger partial charge in [0.15, 0.2) is 0 Å². The van der Waals surface area contributed by atoms with Gasteiger partial charge in [-0.25, -0.2) is 0 Å². The molecular weight excluding hydrogens is 228 g/mol. The molecule has 0 bridgehead atoms. The van der Waals surface area contributed by atoms with Crippen molar-refractivity contribution in [1.82, 2.24) is 4.98 Å². The van der Waals surface area contributed by atoms with Crippen LogP contribution in [0.3, 0.4) is 0 Å². The normalized spacial score (nSPS) is 11.1. The van der Waals surface area contributed by atoms with Crippen LogP contribution in [-0.2, 0) is 6.42 Å². The van der Waals surface area contributed by atoms with Crippen LogP contribution in [0.5, 0.6) is 0 Å². The highest BCUT2D eigenvalue weighted by atomic mass is 32.1. The maximum Gasteiger partial charge on any atom is 0.0692 e. The highest BCUT2D eigenvalue weighted by Crippen LogP contribution is 2.31. The molecule has 0 radical (unpaired) electrons. The number of thiophene rings is 1. The third-order valence-electron chi connectivity index (χ3n) is 3.02. The van der Waals surface area contributed by atoms with Gasteiger partial charge in [0, 0.05) is 5.39 Å². The number of rotatable bonds is 2. The van der Waals surface area contributed by atoms with Gasteiger partial charge in [-0.2, -0.15) is 0 Å². The van der Waals surface area contributed by atoms with Crippen molar-refractivity contribution < 1.29 is 0 Å². The minimum atomic E-state index is 0.807. The predicted octanol–water partition coefficient (Wildman–Crippen LogP) is 4.04. The molecule has 2 aromatic heterocycles. The zero-order chi connectivity index (χ0) is 11.8. The lowest BCUT2D eigenvalue weighted by Gasteiger charge is -1.94. The molecule has 3 N–H and O–H groups in total. The molecule has 2 nitrogen and oxygen atoms in total. The Bertz CT molecular complexity index is 664. The van der Waals surface area contributed by atoms with Crippen molar-refractivity contribution in [1.29, 1.82) is 0 Å². The lowest BCUT2D eigenvalue weighted by atomic mass is 10.2. The van der Waals surface area contributed by atoms with Gasteiger partial charge in [0.2, 0.25) is 0 Å². The van der Waals surface area contributed by atoms with Crippen LogP contribution < -0.4 is 5.73 Å². The van der Waals surface area contributed by atoms with Crippen molar-refractivity contribution in [3.05, 3.63) is 41.3 Å². The lowest BCUT2D eigenvalue weighted by molar-refractivity contribution is 1.16. The number of nitrogen functional groups attached to an aromatic ring is 1. The van der Waals surface area contributed by atoms with Crippen molar-refractivity contribution in [2.45, 2.75) is 13.3 Å². The van der Waals surface area contributed by atoms with E-state index in [1.165, 1.54) is 15.8 Å². The van der Waals surface area contributed by atoms with Crippen molar-refractivity contribution in [3.8, 4) is 10.6 Å². The van der Waals surface area contributed by atoms with Crippen LogP contribution in [0.1, 0.15) is 12.5 Å². The summed E-state index contributed by atoms with van der Waals surface area (Å²) in [6.45, 7) is 2.18. The van der Waals surface area contributed by atoms with Gasteiger partial charge < -0.3 is 10.7 Å². The lowest BCUT2D eigenvalue weighted by Crippen LogP contribution is -1.84. The van der Waals surface area contributed by atoms with Gasteiger partial charge in [-0.3, -0.25) is 0 Å². The Morgan fingerprint density at radius 2 is 2.18 bits per heavy atom. The Labute approximate surface area is 104 Å². The van der Waals surface area contributed by atoms with Crippen LogP contribution in [0.15, 0.2) is 35.7 Å². The summed E-state index contributed by atoms with van der Waals surface area (Å²) in [6.07, 6.45) is 1.08. The standard InChI is InChI=1S/C14H14N2S/c1-2-9-6-13(17-8-9)12-7-10-4-3-5-11(15)14(10)16-12/h3-8,16H,2,15H2,1H3. The zero-order valence-electron chi connectivity index (χ0n) is 9.66. The molecule has 3 aromatic rings. The van der Waals surface area contributed by atoms with E-state index in [1.54, 1.807) is 11.3 Å². The maximum absolute atomic E-state index is 5.95. The minimum absolute atomic E-state index is 0.807. The number of anilines is 1. The van der Waals surface area contributed by atoms with E-state index < -0.39 is 0 Å². The van der Waals surface area contributed by atoms with Crippen molar-refractivity contribution in [2.75, 3.05) is 5.73 Å². The van der Waals surface area contributed by atoms with Crippen LogP contribution in [0.25, 0.3) is 21.5 Å². The highest BCUT2D eigenvalue weighted by Gasteiger charge is 2.07. The monoisotopic (exact) mass is 242 g/mol. The van der Waals surface area contributed by atoms with Crippen LogP contribution in [-0.4, -0.2) is 4.98 Å². The summed E-state index contributed by atoms with van der Waals surface area (Å²) in [4.78, 5) is 4.68. The summed E-state index contributed by atoms with van der Waals surface area (Å²) < 4.78 is 0. The molecule has 0 aliphatic heterocycles. The first kappa shape index (κ1) is 10.4. The number of para-hydroxylation sites is 1. The topological polar surface area (TPSA) is 41.8 Å². The van der Waals surface area contributed by atoms with E-state index in [0.29, 0.717) is 0 Å². The van der Waals surface area contributed by atoms with Crippen LogP contribution in [0.4, 0.5) is 5.69 Å². The highest BCUT2D eigenvalue weighted by molar-refractivity contribution is 7.13. The van der Waals surface area contributed by atoms with Crippen LogP contribution in [0, 0.1) is 0 Å². The molecule has 1 aromatic carbocycles. The molecule has 0 unspecified atom stereocenters. The number of nitrogens with one attached hydrogen (secondary N) is 1. The smallest absolute Gasteiger partial charge is 0.0692 e. The van der Waals surface area contributed by atoms with Crippen molar-refractivity contribution >= 4 is 27.9 Å². The fourth-order valence-electron chi connectivity index (χ4n) is 2.01. The van der Waals surface area contributed by atoms with Gasteiger partial charge in [-0.1, -0.05) is 19.1 Å². The summed E-state index contributed by atoms with van der Waals surface area (Å²) >= 11 is 1.78. The van der Waals surface area contributed by atoms with Gasteiger partial charge in [0.25, 0.3) is 0 Å². The Balaban J connectivity index is 2.14. The van der Waals surface area contributed by atoms with E-state index >= 15 is 0 Å². The van der Waals surface area contributed by atoms with Crippen LogP contribution >= 0.6 is 11.3 Å². The molecule has 0 saturated carbocycles. The molecule has 17 heavy (non-hydrogen) atoms. The molecule has 3 rings (SSSR count). The summed E-state index contributed by atoms with van der Waals surface area (Å²) in [5, 5.41) is 3.39. The van der Waals surface area contributed by atoms with E-state index in [9.17, 15) is 0 Å². The second-order valence-corrected chi connectivity index (χ2v) is 5.08. The average molecular weight is 242 g/mol. The number of hydrogen-bond donors (Lipinski definition) is 2.